The Morgan fingerprint density at radius 3 is 2.91 bits per heavy atom. The summed E-state index contributed by atoms with van der Waals surface area (Å²) in [4.78, 5) is 16.0. The first kappa shape index (κ1) is 15.5. The molecule has 0 atom stereocenters. The minimum atomic E-state index is 0.0937. The highest BCUT2D eigenvalue weighted by atomic mass is 32.1. The average molecular weight is 325 g/mol. The molecular weight excluding hydrogens is 306 g/mol. The zero-order chi connectivity index (χ0) is 15.9. The van der Waals surface area contributed by atoms with Crippen molar-refractivity contribution in [1.29, 1.82) is 0 Å². The molecule has 2 heterocycles. The number of nitrogens with one attached hydrogen (secondary N) is 1. The number of carbonyl (C=O) groups excluding carboxylic acids is 1. The van der Waals surface area contributed by atoms with Gasteiger partial charge in [0, 0.05) is 31.9 Å². The van der Waals surface area contributed by atoms with Crippen LogP contribution in [0.1, 0.15) is 23.1 Å². The maximum Gasteiger partial charge on any atom is 0.220 e. The number of nitrogens with zero attached hydrogens (tertiary/aromatic N) is 2. The Hall–Kier alpha value is -2.40. The molecule has 3 rings (SSSR count). The van der Waals surface area contributed by atoms with Gasteiger partial charge >= 0.3 is 0 Å². The van der Waals surface area contributed by atoms with Crippen LogP contribution >= 0.6 is 11.3 Å². The first-order valence-corrected chi connectivity index (χ1v) is 8.55. The third-order valence-corrected chi connectivity index (χ3v) is 4.36. The fourth-order valence-electron chi connectivity index (χ4n) is 2.41. The molecule has 118 valence electrons. The highest BCUT2D eigenvalue weighted by molar-refractivity contribution is 7.07. The molecule has 0 saturated heterocycles. The molecule has 0 unspecified atom stereocenters. The number of aryl methyl sites for hydroxylation is 1. The summed E-state index contributed by atoms with van der Waals surface area (Å²) in [5.41, 5.74) is 3.55. The summed E-state index contributed by atoms with van der Waals surface area (Å²) in [6.45, 7) is 1.36. The van der Waals surface area contributed by atoms with Crippen molar-refractivity contribution in [1.82, 2.24) is 14.9 Å². The Balaban J connectivity index is 1.48. The maximum absolute atomic E-state index is 11.9. The second-order valence-electron chi connectivity index (χ2n) is 5.46. The van der Waals surface area contributed by atoms with E-state index in [1.807, 2.05) is 28.3 Å². The van der Waals surface area contributed by atoms with Gasteiger partial charge in [0.05, 0.1) is 6.33 Å². The van der Waals surface area contributed by atoms with Crippen molar-refractivity contribution < 1.29 is 4.79 Å². The van der Waals surface area contributed by atoms with E-state index in [0.717, 1.165) is 18.5 Å². The molecule has 1 amide bonds. The second-order valence-corrected chi connectivity index (χ2v) is 6.24. The summed E-state index contributed by atoms with van der Waals surface area (Å²) in [5, 5.41) is 7.12. The predicted octanol–water partition coefficient (Wildman–Crippen LogP) is 3.24. The minimum absolute atomic E-state index is 0.0937. The topological polar surface area (TPSA) is 46.9 Å². The molecule has 0 fully saturated rings. The number of carbonyl (C=O) groups is 1. The number of hydrogen-bond donors (Lipinski definition) is 1. The van der Waals surface area contributed by atoms with Gasteiger partial charge in [-0.05, 0) is 39.9 Å². The van der Waals surface area contributed by atoms with Gasteiger partial charge in [-0.15, -0.1) is 0 Å². The van der Waals surface area contributed by atoms with E-state index in [1.165, 1.54) is 11.1 Å². The van der Waals surface area contributed by atoms with Crippen LogP contribution in [0.4, 0.5) is 0 Å². The van der Waals surface area contributed by atoms with Gasteiger partial charge in [-0.1, -0.05) is 24.3 Å². The van der Waals surface area contributed by atoms with E-state index < -0.39 is 0 Å². The Bertz CT molecular complexity index is 735. The van der Waals surface area contributed by atoms with Crippen LogP contribution < -0.4 is 5.32 Å². The van der Waals surface area contributed by atoms with Gasteiger partial charge in [-0.25, -0.2) is 4.98 Å². The lowest BCUT2D eigenvalue weighted by atomic mass is 10.1. The van der Waals surface area contributed by atoms with Gasteiger partial charge in [0.15, 0.2) is 0 Å². The van der Waals surface area contributed by atoms with Gasteiger partial charge in [-0.2, -0.15) is 11.3 Å². The fraction of sp³-hybridized carbons (Fsp3) is 0.222. The molecule has 0 radical (unpaired) electrons. The molecule has 1 aromatic carbocycles. The van der Waals surface area contributed by atoms with Crippen LogP contribution in [0, 0.1) is 0 Å². The van der Waals surface area contributed by atoms with Crippen molar-refractivity contribution in [3.05, 3.63) is 76.5 Å². The summed E-state index contributed by atoms with van der Waals surface area (Å²) < 4.78 is 2.03. The lowest BCUT2D eigenvalue weighted by Gasteiger charge is -2.08. The number of amides is 1. The molecular formula is C18H19N3OS. The molecule has 0 spiro atoms. The Morgan fingerprint density at radius 1 is 1.22 bits per heavy atom. The number of benzene rings is 1. The third kappa shape index (κ3) is 4.79. The Kier molecular flexibility index (Phi) is 5.21. The van der Waals surface area contributed by atoms with E-state index in [-0.39, 0.29) is 5.91 Å². The molecule has 0 aliphatic heterocycles. The van der Waals surface area contributed by atoms with Crippen LogP contribution in [-0.4, -0.2) is 15.5 Å². The maximum atomic E-state index is 11.9. The van der Waals surface area contributed by atoms with E-state index >= 15 is 0 Å². The number of imidazole rings is 1. The Morgan fingerprint density at radius 2 is 2.13 bits per heavy atom. The standard InChI is InChI=1S/C18H19N3OS/c22-18(5-4-15-6-9-23-13-15)20-11-16-2-1-3-17(10-16)12-21-8-7-19-14-21/h1-3,6-10,13-14H,4-5,11-12H2,(H,20,22). The smallest absolute Gasteiger partial charge is 0.220 e. The molecule has 0 bridgehead atoms. The van der Waals surface area contributed by atoms with Crippen LogP contribution in [0.5, 0.6) is 0 Å². The van der Waals surface area contributed by atoms with Crippen LogP contribution in [0.3, 0.4) is 0 Å². The van der Waals surface area contributed by atoms with Gasteiger partial charge < -0.3 is 9.88 Å². The molecule has 3 aromatic rings. The SMILES string of the molecule is O=C(CCc1ccsc1)NCc1cccc(Cn2ccnc2)c1. The Labute approximate surface area is 139 Å². The van der Waals surface area contributed by atoms with Gasteiger partial charge in [-0.3, -0.25) is 4.79 Å². The third-order valence-electron chi connectivity index (χ3n) is 3.63. The number of rotatable bonds is 7. The predicted molar refractivity (Wildman–Crippen MR) is 92.3 cm³/mol. The quantitative estimate of drug-likeness (QED) is 0.725. The molecule has 2 aromatic heterocycles. The summed E-state index contributed by atoms with van der Waals surface area (Å²) >= 11 is 1.67. The summed E-state index contributed by atoms with van der Waals surface area (Å²) in [6.07, 6.45) is 6.86. The first-order valence-electron chi connectivity index (χ1n) is 7.61. The van der Waals surface area contributed by atoms with Gasteiger partial charge in [0.25, 0.3) is 0 Å². The van der Waals surface area contributed by atoms with E-state index in [1.54, 1.807) is 23.9 Å². The van der Waals surface area contributed by atoms with Gasteiger partial charge in [0.1, 0.15) is 0 Å². The fourth-order valence-corrected chi connectivity index (χ4v) is 3.11. The molecule has 1 N–H and O–H groups in total. The number of aromatic nitrogens is 2. The van der Waals surface area contributed by atoms with Crippen molar-refractivity contribution in [2.24, 2.45) is 0 Å². The number of thiophene rings is 1. The molecule has 23 heavy (non-hydrogen) atoms. The van der Waals surface area contributed by atoms with Crippen LogP contribution in [0.25, 0.3) is 0 Å². The normalized spacial score (nSPS) is 10.6. The molecule has 4 nitrogen and oxygen atoms in total. The lowest BCUT2D eigenvalue weighted by Crippen LogP contribution is -2.23. The van der Waals surface area contributed by atoms with E-state index in [9.17, 15) is 4.79 Å². The highest BCUT2D eigenvalue weighted by Crippen LogP contribution is 2.09. The molecule has 0 aliphatic rings. The van der Waals surface area contributed by atoms with Crippen molar-refractivity contribution in [3.8, 4) is 0 Å². The van der Waals surface area contributed by atoms with E-state index in [4.69, 9.17) is 0 Å². The number of hydrogen-bond acceptors (Lipinski definition) is 3. The summed E-state index contributed by atoms with van der Waals surface area (Å²) in [7, 11) is 0. The van der Waals surface area contributed by atoms with Crippen molar-refractivity contribution in [2.45, 2.75) is 25.9 Å². The largest absolute Gasteiger partial charge is 0.352 e. The molecule has 0 aliphatic carbocycles. The second kappa shape index (κ2) is 7.74. The minimum Gasteiger partial charge on any atom is -0.352 e. The van der Waals surface area contributed by atoms with Crippen LogP contribution in [-0.2, 0) is 24.3 Å². The first-order chi connectivity index (χ1) is 11.3. The highest BCUT2D eigenvalue weighted by Gasteiger charge is 2.03. The van der Waals surface area contributed by atoms with E-state index in [0.29, 0.717) is 13.0 Å². The van der Waals surface area contributed by atoms with Gasteiger partial charge in [0.2, 0.25) is 5.91 Å². The zero-order valence-corrected chi connectivity index (χ0v) is 13.6. The molecule has 5 heteroatoms. The molecule has 0 saturated carbocycles. The van der Waals surface area contributed by atoms with Crippen molar-refractivity contribution >= 4 is 17.2 Å². The van der Waals surface area contributed by atoms with E-state index in [2.05, 4.69) is 33.9 Å². The monoisotopic (exact) mass is 325 g/mol. The van der Waals surface area contributed by atoms with Crippen LogP contribution in [0.15, 0.2) is 59.8 Å². The lowest BCUT2D eigenvalue weighted by molar-refractivity contribution is -0.121. The van der Waals surface area contributed by atoms with Crippen molar-refractivity contribution in [3.63, 3.8) is 0 Å². The summed E-state index contributed by atoms with van der Waals surface area (Å²) in [5.74, 6) is 0.0937. The van der Waals surface area contributed by atoms with Crippen molar-refractivity contribution in [2.75, 3.05) is 0 Å². The average Bonchev–Trinajstić information content (AvgIpc) is 3.25. The van der Waals surface area contributed by atoms with Crippen LogP contribution in [0.2, 0.25) is 0 Å². The summed E-state index contributed by atoms with van der Waals surface area (Å²) in [6, 6.07) is 10.3. The zero-order valence-electron chi connectivity index (χ0n) is 12.8.